The van der Waals surface area contributed by atoms with Crippen LogP contribution in [0.25, 0.3) is 6.08 Å². The maximum atomic E-state index is 12.0. The van der Waals surface area contributed by atoms with Gasteiger partial charge in [-0.1, -0.05) is 13.0 Å². The van der Waals surface area contributed by atoms with Gasteiger partial charge in [-0.2, -0.15) is 0 Å². The molecular formula is C15H20N2O3. The molecule has 1 aliphatic rings. The first-order chi connectivity index (χ1) is 9.60. The van der Waals surface area contributed by atoms with Crippen LogP contribution in [-0.4, -0.2) is 58.6 Å². The SMILES string of the molecule is CCN1CCN(C(=O)C=Cc2ccc(O)c(O)c2)CC1. The standard InChI is InChI=1S/C15H20N2O3/c1-2-16-7-9-17(10-8-16)15(20)6-4-12-3-5-13(18)14(19)11-12/h3-6,11,18-19H,2,7-10H2,1H3. The van der Waals surface area contributed by atoms with Crippen molar-refractivity contribution in [3.05, 3.63) is 29.8 Å². The zero-order chi connectivity index (χ0) is 14.5. The molecule has 1 aliphatic heterocycles. The summed E-state index contributed by atoms with van der Waals surface area (Å²) in [6.07, 6.45) is 3.15. The molecule has 1 fully saturated rings. The molecule has 2 N–H and O–H groups in total. The minimum absolute atomic E-state index is 0.0201. The number of hydrogen-bond acceptors (Lipinski definition) is 4. The van der Waals surface area contributed by atoms with Crippen molar-refractivity contribution < 1.29 is 15.0 Å². The van der Waals surface area contributed by atoms with Gasteiger partial charge in [0.25, 0.3) is 0 Å². The van der Waals surface area contributed by atoms with E-state index in [4.69, 9.17) is 0 Å². The maximum absolute atomic E-state index is 12.0. The van der Waals surface area contributed by atoms with Crippen molar-refractivity contribution in [3.63, 3.8) is 0 Å². The van der Waals surface area contributed by atoms with Crippen molar-refractivity contribution in [1.82, 2.24) is 9.80 Å². The summed E-state index contributed by atoms with van der Waals surface area (Å²) in [6.45, 7) is 6.46. The lowest BCUT2D eigenvalue weighted by molar-refractivity contribution is -0.127. The van der Waals surface area contributed by atoms with Crippen molar-refractivity contribution in [2.24, 2.45) is 0 Å². The third kappa shape index (κ3) is 3.51. The van der Waals surface area contributed by atoms with E-state index in [0.29, 0.717) is 5.56 Å². The van der Waals surface area contributed by atoms with E-state index in [1.807, 2.05) is 4.90 Å². The average Bonchev–Trinajstić information content (AvgIpc) is 2.48. The third-order valence-corrected chi connectivity index (χ3v) is 3.55. The number of carbonyl (C=O) groups excluding carboxylic acids is 1. The molecule has 1 aromatic rings. The fourth-order valence-electron chi connectivity index (χ4n) is 2.20. The number of rotatable bonds is 3. The Morgan fingerprint density at radius 3 is 2.50 bits per heavy atom. The number of phenolic OH excluding ortho intramolecular Hbond substituents is 2. The van der Waals surface area contributed by atoms with Gasteiger partial charge in [0.05, 0.1) is 0 Å². The van der Waals surface area contributed by atoms with Crippen molar-refractivity contribution in [1.29, 1.82) is 0 Å². The Bertz CT molecular complexity index is 506. The van der Waals surface area contributed by atoms with E-state index in [0.717, 1.165) is 32.7 Å². The quantitative estimate of drug-likeness (QED) is 0.645. The third-order valence-electron chi connectivity index (χ3n) is 3.55. The molecule has 0 bridgehead atoms. The zero-order valence-corrected chi connectivity index (χ0v) is 11.6. The van der Waals surface area contributed by atoms with Crippen LogP contribution in [0.15, 0.2) is 24.3 Å². The molecule has 0 aromatic heterocycles. The monoisotopic (exact) mass is 276 g/mol. The number of aromatic hydroxyl groups is 2. The molecular weight excluding hydrogens is 256 g/mol. The van der Waals surface area contributed by atoms with Crippen molar-refractivity contribution in [2.75, 3.05) is 32.7 Å². The Morgan fingerprint density at radius 1 is 1.20 bits per heavy atom. The van der Waals surface area contributed by atoms with E-state index in [9.17, 15) is 15.0 Å². The Balaban J connectivity index is 1.94. The van der Waals surface area contributed by atoms with Crippen LogP contribution < -0.4 is 0 Å². The van der Waals surface area contributed by atoms with Gasteiger partial charge in [0.2, 0.25) is 5.91 Å². The van der Waals surface area contributed by atoms with E-state index < -0.39 is 0 Å². The summed E-state index contributed by atoms with van der Waals surface area (Å²) in [5.41, 5.74) is 0.681. The van der Waals surface area contributed by atoms with Gasteiger partial charge in [0.15, 0.2) is 11.5 Å². The summed E-state index contributed by atoms with van der Waals surface area (Å²) in [5, 5.41) is 18.6. The number of phenols is 2. The predicted octanol–water partition coefficient (Wildman–Crippen LogP) is 1.28. The Kier molecular flexibility index (Phi) is 4.63. The minimum Gasteiger partial charge on any atom is -0.504 e. The smallest absolute Gasteiger partial charge is 0.246 e. The molecule has 0 spiro atoms. The second-order valence-electron chi connectivity index (χ2n) is 4.84. The highest BCUT2D eigenvalue weighted by Gasteiger charge is 2.18. The van der Waals surface area contributed by atoms with Gasteiger partial charge in [-0.15, -0.1) is 0 Å². The first-order valence-electron chi connectivity index (χ1n) is 6.81. The highest BCUT2D eigenvalue weighted by molar-refractivity contribution is 5.91. The van der Waals surface area contributed by atoms with Crippen LogP contribution in [0.2, 0.25) is 0 Å². The normalized spacial score (nSPS) is 16.8. The number of nitrogens with zero attached hydrogens (tertiary/aromatic N) is 2. The highest BCUT2D eigenvalue weighted by Crippen LogP contribution is 2.25. The van der Waals surface area contributed by atoms with Gasteiger partial charge in [-0.25, -0.2) is 0 Å². The van der Waals surface area contributed by atoms with Gasteiger partial charge >= 0.3 is 0 Å². The fraction of sp³-hybridized carbons (Fsp3) is 0.400. The lowest BCUT2D eigenvalue weighted by atomic mass is 10.2. The Labute approximate surface area is 118 Å². The first kappa shape index (κ1) is 14.4. The molecule has 5 heteroatoms. The van der Waals surface area contributed by atoms with Crippen LogP contribution in [0, 0.1) is 0 Å². The van der Waals surface area contributed by atoms with Crippen LogP contribution in [0.5, 0.6) is 11.5 Å². The molecule has 0 unspecified atom stereocenters. The molecule has 1 saturated heterocycles. The maximum Gasteiger partial charge on any atom is 0.246 e. The summed E-state index contributed by atoms with van der Waals surface area (Å²) in [4.78, 5) is 16.2. The first-order valence-corrected chi connectivity index (χ1v) is 6.81. The number of likely N-dealkylation sites (N-methyl/N-ethyl adjacent to an activating group) is 1. The highest BCUT2D eigenvalue weighted by atomic mass is 16.3. The molecule has 0 aliphatic carbocycles. The van der Waals surface area contributed by atoms with Crippen LogP contribution in [0.3, 0.4) is 0 Å². The summed E-state index contributed by atoms with van der Waals surface area (Å²) in [7, 11) is 0. The fourth-order valence-corrected chi connectivity index (χ4v) is 2.20. The molecule has 2 rings (SSSR count). The number of hydrogen-bond donors (Lipinski definition) is 2. The summed E-state index contributed by atoms with van der Waals surface area (Å²) in [5.74, 6) is -0.367. The molecule has 5 nitrogen and oxygen atoms in total. The second-order valence-corrected chi connectivity index (χ2v) is 4.84. The number of carbonyl (C=O) groups is 1. The van der Waals surface area contributed by atoms with Crippen LogP contribution in [0.4, 0.5) is 0 Å². The Hall–Kier alpha value is -2.01. The molecule has 0 atom stereocenters. The summed E-state index contributed by atoms with van der Waals surface area (Å²) in [6, 6.07) is 4.47. The van der Waals surface area contributed by atoms with E-state index >= 15 is 0 Å². The van der Waals surface area contributed by atoms with Crippen molar-refractivity contribution in [3.8, 4) is 11.5 Å². The van der Waals surface area contributed by atoms with E-state index in [2.05, 4.69) is 11.8 Å². The van der Waals surface area contributed by atoms with E-state index in [1.165, 1.54) is 18.2 Å². The van der Waals surface area contributed by atoms with Gasteiger partial charge in [-0.3, -0.25) is 4.79 Å². The molecule has 1 amide bonds. The van der Waals surface area contributed by atoms with Crippen molar-refractivity contribution in [2.45, 2.75) is 6.92 Å². The molecule has 0 radical (unpaired) electrons. The lowest BCUT2D eigenvalue weighted by Crippen LogP contribution is -2.48. The molecule has 0 saturated carbocycles. The zero-order valence-electron chi connectivity index (χ0n) is 11.6. The number of amides is 1. The predicted molar refractivity (Wildman–Crippen MR) is 77.5 cm³/mol. The number of benzene rings is 1. The molecule has 1 heterocycles. The van der Waals surface area contributed by atoms with Gasteiger partial charge < -0.3 is 20.0 Å². The summed E-state index contributed by atoms with van der Waals surface area (Å²) >= 11 is 0. The van der Waals surface area contributed by atoms with Gasteiger partial charge in [-0.05, 0) is 30.3 Å². The van der Waals surface area contributed by atoms with Gasteiger partial charge in [0.1, 0.15) is 0 Å². The minimum atomic E-state index is -0.184. The molecule has 20 heavy (non-hydrogen) atoms. The van der Waals surface area contributed by atoms with Gasteiger partial charge in [0, 0.05) is 32.3 Å². The van der Waals surface area contributed by atoms with Crippen LogP contribution >= 0.6 is 0 Å². The van der Waals surface area contributed by atoms with E-state index in [1.54, 1.807) is 12.1 Å². The topological polar surface area (TPSA) is 64.0 Å². The van der Waals surface area contributed by atoms with Crippen molar-refractivity contribution >= 4 is 12.0 Å². The molecule has 1 aromatic carbocycles. The number of piperazine rings is 1. The van der Waals surface area contributed by atoms with Crippen LogP contribution in [-0.2, 0) is 4.79 Å². The Morgan fingerprint density at radius 2 is 1.90 bits per heavy atom. The van der Waals surface area contributed by atoms with Crippen LogP contribution in [0.1, 0.15) is 12.5 Å². The average molecular weight is 276 g/mol. The van der Waals surface area contributed by atoms with E-state index in [-0.39, 0.29) is 17.4 Å². The summed E-state index contributed by atoms with van der Waals surface area (Å²) < 4.78 is 0. The largest absolute Gasteiger partial charge is 0.504 e. The second kappa shape index (κ2) is 6.43. The lowest BCUT2D eigenvalue weighted by Gasteiger charge is -2.33. The molecule has 108 valence electrons.